The number of halogens is 5. The number of benzene rings is 2. The van der Waals surface area contributed by atoms with E-state index in [-0.39, 0.29) is 27.9 Å². The van der Waals surface area contributed by atoms with Crippen molar-refractivity contribution in [3.63, 3.8) is 0 Å². The second-order valence-electron chi connectivity index (χ2n) is 6.28. The Morgan fingerprint density at radius 1 is 0.933 bits per heavy atom. The predicted molar refractivity (Wildman–Crippen MR) is 98.8 cm³/mol. The molecule has 9 heteroatoms. The Labute approximate surface area is 166 Å². The van der Waals surface area contributed by atoms with E-state index in [1.165, 1.54) is 24.3 Å². The molecule has 0 fully saturated rings. The Kier molecular flexibility index (Phi) is 4.73. The van der Waals surface area contributed by atoms with Crippen molar-refractivity contribution in [1.82, 2.24) is 4.98 Å². The van der Waals surface area contributed by atoms with E-state index in [1.54, 1.807) is 12.1 Å². The number of nitrogens with one attached hydrogen (secondary N) is 1. The van der Waals surface area contributed by atoms with E-state index >= 15 is 0 Å². The lowest BCUT2D eigenvalue weighted by Crippen LogP contribution is -2.16. The molecule has 0 aliphatic carbocycles. The quantitative estimate of drug-likeness (QED) is 0.413. The topological polar surface area (TPSA) is 55.1 Å². The number of aromatic nitrogens is 1. The first-order valence-electron chi connectivity index (χ1n) is 8.56. The summed E-state index contributed by atoms with van der Waals surface area (Å²) < 4.78 is 72.8. The first kappa shape index (κ1) is 19.6. The zero-order valence-corrected chi connectivity index (χ0v) is 14.9. The molecule has 0 unspecified atom stereocenters. The zero-order chi connectivity index (χ0) is 21.5. The van der Waals surface area contributed by atoms with Crippen LogP contribution in [0.15, 0.2) is 65.2 Å². The highest BCUT2D eigenvalue weighted by Crippen LogP contribution is 2.43. The Balaban J connectivity index is 1.69. The molecule has 4 rings (SSSR count). The van der Waals surface area contributed by atoms with Crippen LogP contribution in [0.1, 0.15) is 16.1 Å². The lowest BCUT2D eigenvalue weighted by molar-refractivity contribution is -0.151. The zero-order valence-electron chi connectivity index (χ0n) is 14.9. The number of rotatable bonds is 3. The van der Waals surface area contributed by atoms with Crippen molar-refractivity contribution >= 4 is 22.7 Å². The minimum atomic E-state index is -4.73. The number of furan rings is 1. The molecule has 152 valence electrons. The Bertz CT molecular complexity index is 1230. The van der Waals surface area contributed by atoms with Gasteiger partial charge in [0.1, 0.15) is 28.6 Å². The summed E-state index contributed by atoms with van der Waals surface area (Å²) >= 11 is 0. The molecule has 4 aromatic rings. The van der Waals surface area contributed by atoms with Gasteiger partial charge in [0.05, 0.1) is 0 Å². The number of pyridine rings is 1. The summed E-state index contributed by atoms with van der Waals surface area (Å²) in [5, 5.41) is 2.47. The van der Waals surface area contributed by atoms with Gasteiger partial charge in [0.25, 0.3) is 5.91 Å². The Morgan fingerprint density at radius 2 is 1.63 bits per heavy atom. The van der Waals surface area contributed by atoms with Crippen LogP contribution in [-0.4, -0.2) is 10.9 Å². The van der Waals surface area contributed by atoms with Gasteiger partial charge in [0, 0.05) is 22.7 Å². The fraction of sp³-hybridized carbons (Fsp3) is 0.0476. The molecule has 0 bridgehead atoms. The number of hydrogen-bond acceptors (Lipinski definition) is 3. The van der Waals surface area contributed by atoms with Crippen LogP contribution in [-0.2, 0) is 6.18 Å². The second-order valence-corrected chi connectivity index (χ2v) is 6.28. The molecule has 1 amide bonds. The summed E-state index contributed by atoms with van der Waals surface area (Å²) in [5.74, 6) is -4.44. The molecule has 2 aromatic heterocycles. The summed E-state index contributed by atoms with van der Waals surface area (Å²) in [7, 11) is 0. The lowest BCUT2D eigenvalue weighted by atomic mass is 10.0. The van der Waals surface area contributed by atoms with Gasteiger partial charge in [-0.05, 0) is 30.3 Å². The molecule has 1 N–H and O–H groups in total. The summed E-state index contributed by atoms with van der Waals surface area (Å²) in [5.41, 5.74) is -0.818. The van der Waals surface area contributed by atoms with Crippen LogP contribution in [0.25, 0.3) is 22.1 Å². The number of carbonyl (C=O) groups is 1. The second kappa shape index (κ2) is 7.25. The van der Waals surface area contributed by atoms with Crippen LogP contribution in [0.3, 0.4) is 0 Å². The normalized spacial score (nSPS) is 11.6. The Hall–Kier alpha value is -3.75. The maximum Gasteiger partial charge on any atom is 0.450 e. The maximum absolute atomic E-state index is 13.7. The molecule has 0 saturated heterocycles. The third kappa shape index (κ3) is 3.49. The molecule has 2 aromatic carbocycles. The van der Waals surface area contributed by atoms with Crippen molar-refractivity contribution in [2.45, 2.75) is 6.18 Å². The van der Waals surface area contributed by atoms with E-state index in [2.05, 4.69) is 10.3 Å². The fourth-order valence-electron chi connectivity index (χ4n) is 3.04. The number of nitrogens with zero attached hydrogens (tertiary/aromatic N) is 1. The number of amides is 1. The molecular formula is C21H11F5N2O2. The van der Waals surface area contributed by atoms with E-state index in [1.807, 2.05) is 0 Å². The predicted octanol–water partition coefficient (Wildman–Crippen LogP) is 6.04. The summed E-state index contributed by atoms with van der Waals surface area (Å²) in [6.45, 7) is 0. The smallest absolute Gasteiger partial charge is 0.450 e. The van der Waals surface area contributed by atoms with Crippen LogP contribution in [0.4, 0.5) is 27.8 Å². The molecule has 0 spiro atoms. The molecular weight excluding hydrogens is 407 g/mol. The average molecular weight is 418 g/mol. The minimum Gasteiger partial charge on any atom is -0.451 e. The first-order chi connectivity index (χ1) is 14.3. The average Bonchev–Trinajstić information content (AvgIpc) is 3.09. The molecule has 0 atom stereocenters. The first-order valence-corrected chi connectivity index (χ1v) is 8.56. The van der Waals surface area contributed by atoms with Gasteiger partial charge in [-0.2, -0.15) is 13.2 Å². The fourth-order valence-corrected chi connectivity index (χ4v) is 3.04. The van der Waals surface area contributed by atoms with Crippen molar-refractivity contribution in [3.05, 3.63) is 83.8 Å². The lowest BCUT2D eigenvalue weighted by Gasteiger charge is -2.09. The minimum absolute atomic E-state index is 0.0623. The van der Waals surface area contributed by atoms with Crippen molar-refractivity contribution < 1.29 is 31.2 Å². The number of fused-ring (bicyclic) bond motifs is 1. The van der Waals surface area contributed by atoms with Gasteiger partial charge in [0.2, 0.25) is 5.76 Å². The van der Waals surface area contributed by atoms with Crippen molar-refractivity contribution in [2.24, 2.45) is 0 Å². The number of alkyl halides is 3. The van der Waals surface area contributed by atoms with Crippen LogP contribution >= 0.6 is 0 Å². The highest BCUT2D eigenvalue weighted by Gasteiger charge is 2.39. The number of hydrogen-bond donors (Lipinski definition) is 1. The molecule has 2 heterocycles. The standard InChI is InChI=1S/C21H11F5N2O2/c22-13-5-3-6-14(23)18(13)20(29)28-16-9-8-11(10-27-16)17-12-4-1-2-7-15(12)30-19(17)21(24,25)26/h1-10H,(H,27,28,29). The van der Waals surface area contributed by atoms with Gasteiger partial charge >= 0.3 is 6.18 Å². The van der Waals surface area contributed by atoms with E-state index in [0.717, 1.165) is 24.4 Å². The SMILES string of the molecule is O=C(Nc1ccc(-c2c(C(F)(F)F)oc3ccccc23)cn1)c1c(F)cccc1F. The van der Waals surface area contributed by atoms with E-state index in [9.17, 15) is 26.7 Å². The van der Waals surface area contributed by atoms with Crippen LogP contribution in [0, 0.1) is 11.6 Å². The molecule has 0 saturated carbocycles. The molecule has 0 aliphatic heterocycles. The van der Waals surface area contributed by atoms with Gasteiger partial charge in [0.15, 0.2) is 0 Å². The van der Waals surface area contributed by atoms with Crippen LogP contribution in [0.2, 0.25) is 0 Å². The van der Waals surface area contributed by atoms with E-state index in [0.29, 0.717) is 0 Å². The van der Waals surface area contributed by atoms with Crippen LogP contribution < -0.4 is 5.32 Å². The van der Waals surface area contributed by atoms with Crippen molar-refractivity contribution in [3.8, 4) is 11.1 Å². The van der Waals surface area contributed by atoms with Crippen molar-refractivity contribution in [1.29, 1.82) is 0 Å². The van der Waals surface area contributed by atoms with Gasteiger partial charge in [-0.25, -0.2) is 13.8 Å². The van der Waals surface area contributed by atoms with Crippen molar-refractivity contribution in [2.75, 3.05) is 5.32 Å². The number of anilines is 1. The van der Waals surface area contributed by atoms with Gasteiger partial charge in [-0.1, -0.05) is 24.3 Å². The van der Waals surface area contributed by atoms with Gasteiger partial charge < -0.3 is 9.73 Å². The maximum atomic E-state index is 13.7. The largest absolute Gasteiger partial charge is 0.451 e. The molecule has 30 heavy (non-hydrogen) atoms. The van der Waals surface area contributed by atoms with E-state index < -0.39 is 35.0 Å². The highest BCUT2D eigenvalue weighted by molar-refractivity contribution is 6.04. The molecule has 0 radical (unpaired) electrons. The Morgan fingerprint density at radius 3 is 2.27 bits per heavy atom. The number of para-hydroxylation sites is 1. The number of carbonyl (C=O) groups excluding carboxylic acids is 1. The summed E-state index contributed by atoms with van der Waals surface area (Å²) in [6, 6.07) is 11.5. The molecule has 4 nitrogen and oxygen atoms in total. The van der Waals surface area contributed by atoms with Gasteiger partial charge in [-0.3, -0.25) is 4.79 Å². The highest BCUT2D eigenvalue weighted by atomic mass is 19.4. The van der Waals surface area contributed by atoms with Gasteiger partial charge in [-0.15, -0.1) is 0 Å². The third-order valence-electron chi connectivity index (χ3n) is 4.34. The monoisotopic (exact) mass is 418 g/mol. The third-order valence-corrected chi connectivity index (χ3v) is 4.34. The molecule has 0 aliphatic rings. The summed E-state index contributed by atoms with van der Waals surface area (Å²) in [4.78, 5) is 16.0. The summed E-state index contributed by atoms with van der Waals surface area (Å²) in [6.07, 6.45) is -3.62. The van der Waals surface area contributed by atoms with Crippen LogP contribution in [0.5, 0.6) is 0 Å². The van der Waals surface area contributed by atoms with E-state index in [4.69, 9.17) is 4.42 Å².